The summed E-state index contributed by atoms with van der Waals surface area (Å²) in [6, 6.07) is 4.92. The van der Waals surface area contributed by atoms with Gasteiger partial charge in [-0.3, -0.25) is 9.89 Å². The number of aromatic nitrogens is 3. The van der Waals surface area contributed by atoms with Gasteiger partial charge in [-0.1, -0.05) is 0 Å². The Morgan fingerprint density at radius 3 is 3.00 bits per heavy atom. The number of anilines is 1. The molecule has 7 nitrogen and oxygen atoms in total. The normalized spacial score (nSPS) is 10.2. The second-order valence-electron chi connectivity index (χ2n) is 3.89. The van der Waals surface area contributed by atoms with Gasteiger partial charge in [0.25, 0.3) is 5.91 Å². The number of aromatic amines is 1. The molecular weight excluding hydrogens is 246 g/mol. The van der Waals surface area contributed by atoms with Crippen LogP contribution in [0, 0.1) is 0 Å². The maximum absolute atomic E-state index is 11.9. The molecule has 0 saturated carbocycles. The van der Waals surface area contributed by atoms with Crippen LogP contribution in [0.5, 0.6) is 5.75 Å². The predicted molar refractivity (Wildman–Crippen MR) is 69.8 cm³/mol. The van der Waals surface area contributed by atoms with Crippen molar-refractivity contribution in [2.24, 2.45) is 0 Å². The molecule has 0 saturated heterocycles. The molecule has 2 rings (SSSR count). The highest BCUT2D eigenvalue weighted by atomic mass is 16.5. The number of ether oxygens (including phenoxy) is 1. The van der Waals surface area contributed by atoms with Gasteiger partial charge in [-0.15, -0.1) is 0 Å². The lowest BCUT2D eigenvalue weighted by atomic mass is 10.1. The Kier molecular flexibility index (Phi) is 3.97. The van der Waals surface area contributed by atoms with E-state index in [1.165, 1.54) is 13.4 Å². The van der Waals surface area contributed by atoms with Gasteiger partial charge in [0.15, 0.2) is 0 Å². The molecule has 1 aromatic carbocycles. The lowest BCUT2D eigenvalue weighted by molar-refractivity contribution is 0.0954. The monoisotopic (exact) mass is 261 g/mol. The van der Waals surface area contributed by atoms with Crippen LogP contribution in [0.2, 0.25) is 0 Å². The zero-order valence-corrected chi connectivity index (χ0v) is 10.5. The minimum absolute atomic E-state index is 0.186. The molecule has 0 spiro atoms. The molecule has 19 heavy (non-hydrogen) atoms. The number of H-pyrrole nitrogens is 1. The summed E-state index contributed by atoms with van der Waals surface area (Å²) in [5.74, 6) is 1.10. The molecule has 2 aromatic rings. The van der Waals surface area contributed by atoms with Crippen molar-refractivity contribution >= 4 is 11.6 Å². The fourth-order valence-corrected chi connectivity index (χ4v) is 1.62. The third kappa shape index (κ3) is 3.21. The second kappa shape index (κ2) is 5.85. The third-order valence-electron chi connectivity index (χ3n) is 2.60. The van der Waals surface area contributed by atoms with E-state index in [-0.39, 0.29) is 5.91 Å². The quantitative estimate of drug-likeness (QED) is 0.674. The Morgan fingerprint density at radius 2 is 2.37 bits per heavy atom. The van der Waals surface area contributed by atoms with Gasteiger partial charge < -0.3 is 15.8 Å². The molecule has 7 heteroatoms. The van der Waals surface area contributed by atoms with Gasteiger partial charge in [0, 0.05) is 18.5 Å². The molecule has 4 N–H and O–H groups in total. The van der Waals surface area contributed by atoms with Crippen LogP contribution in [0.25, 0.3) is 0 Å². The first kappa shape index (κ1) is 12.9. The number of nitrogens with zero attached hydrogens (tertiary/aromatic N) is 2. The Balaban J connectivity index is 1.91. The molecule has 1 aromatic heterocycles. The smallest absolute Gasteiger partial charge is 0.251 e. The molecule has 0 fully saturated rings. The molecule has 0 unspecified atom stereocenters. The highest BCUT2D eigenvalue weighted by molar-refractivity contribution is 5.95. The number of nitrogen functional groups attached to an aromatic ring is 1. The van der Waals surface area contributed by atoms with Crippen LogP contribution in [-0.2, 0) is 6.42 Å². The maximum Gasteiger partial charge on any atom is 0.251 e. The highest BCUT2D eigenvalue weighted by Gasteiger charge is 2.08. The van der Waals surface area contributed by atoms with E-state index in [0.29, 0.717) is 30.0 Å². The highest BCUT2D eigenvalue weighted by Crippen LogP contribution is 2.21. The number of nitrogens with two attached hydrogens (primary N) is 1. The number of amides is 1. The summed E-state index contributed by atoms with van der Waals surface area (Å²) in [5.41, 5.74) is 6.68. The third-order valence-corrected chi connectivity index (χ3v) is 2.60. The zero-order chi connectivity index (χ0) is 13.7. The number of hydrogen-bond acceptors (Lipinski definition) is 5. The number of benzene rings is 1. The van der Waals surface area contributed by atoms with Crippen molar-refractivity contribution in [2.45, 2.75) is 6.42 Å². The Bertz CT molecular complexity index is 553. The van der Waals surface area contributed by atoms with Crippen molar-refractivity contribution in [1.82, 2.24) is 20.5 Å². The van der Waals surface area contributed by atoms with Gasteiger partial charge in [-0.2, -0.15) is 5.10 Å². The van der Waals surface area contributed by atoms with Crippen LogP contribution in [0.1, 0.15) is 16.2 Å². The van der Waals surface area contributed by atoms with Gasteiger partial charge in [0.2, 0.25) is 0 Å². The van der Waals surface area contributed by atoms with Crippen molar-refractivity contribution in [3.63, 3.8) is 0 Å². The molecule has 0 radical (unpaired) electrons. The molecule has 0 aliphatic rings. The van der Waals surface area contributed by atoms with Crippen molar-refractivity contribution in [2.75, 3.05) is 19.4 Å². The molecule has 1 heterocycles. The molecular formula is C12H15N5O2. The van der Waals surface area contributed by atoms with E-state index in [1.807, 2.05) is 0 Å². The number of hydrogen-bond donors (Lipinski definition) is 3. The number of methoxy groups -OCH3 is 1. The number of carbonyl (C=O) groups is 1. The van der Waals surface area contributed by atoms with E-state index in [1.54, 1.807) is 18.2 Å². The first-order valence-electron chi connectivity index (χ1n) is 5.76. The maximum atomic E-state index is 11.9. The van der Waals surface area contributed by atoms with Gasteiger partial charge >= 0.3 is 0 Å². The van der Waals surface area contributed by atoms with Crippen LogP contribution >= 0.6 is 0 Å². The lowest BCUT2D eigenvalue weighted by Gasteiger charge is -2.07. The van der Waals surface area contributed by atoms with Crippen molar-refractivity contribution in [3.05, 3.63) is 35.9 Å². The molecule has 1 amide bonds. The molecule has 0 bridgehead atoms. The van der Waals surface area contributed by atoms with Crippen LogP contribution in [0.4, 0.5) is 5.69 Å². The number of carbonyl (C=O) groups excluding carboxylic acids is 1. The van der Waals surface area contributed by atoms with Crippen LogP contribution < -0.4 is 15.8 Å². The first-order chi connectivity index (χ1) is 9.20. The first-order valence-corrected chi connectivity index (χ1v) is 5.76. The average molecular weight is 261 g/mol. The van der Waals surface area contributed by atoms with Gasteiger partial charge in [-0.05, 0) is 18.2 Å². The number of rotatable bonds is 5. The molecule has 0 atom stereocenters. The predicted octanol–water partition coefficient (Wildman–Crippen LogP) is 0.368. The Labute approximate surface area is 110 Å². The van der Waals surface area contributed by atoms with E-state index in [0.717, 1.165) is 5.82 Å². The van der Waals surface area contributed by atoms with Gasteiger partial charge in [0.1, 0.15) is 17.9 Å². The Hall–Kier alpha value is -2.57. The van der Waals surface area contributed by atoms with E-state index in [9.17, 15) is 4.79 Å². The Morgan fingerprint density at radius 1 is 1.53 bits per heavy atom. The minimum Gasteiger partial charge on any atom is -0.495 e. The van der Waals surface area contributed by atoms with Crippen LogP contribution in [0.15, 0.2) is 24.5 Å². The summed E-state index contributed by atoms with van der Waals surface area (Å²) >= 11 is 0. The molecule has 100 valence electrons. The van der Waals surface area contributed by atoms with Gasteiger partial charge in [0.05, 0.1) is 12.8 Å². The molecule has 0 aliphatic heterocycles. The fourth-order valence-electron chi connectivity index (χ4n) is 1.62. The summed E-state index contributed by atoms with van der Waals surface area (Å²) in [6.45, 7) is 0.472. The topological polar surface area (TPSA) is 106 Å². The summed E-state index contributed by atoms with van der Waals surface area (Å²) in [4.78, 5) is 15.8. The molecule has 0 aliphatic carbocycles. The van der Waals surface area contributed by atoms with E-state index >= 15 is 0 Å². The van der Waals surface area contributed by atoms with Crippen molar-refractivity contribution < 1.29 is 9.53 Å². The van der Waals surface area contributed by atoms with Crippen LogP contribution in [-0.4, -0.2) is 34.7 Å². The van der Waals surface area contributed by atoms with E-state index in [4.69, 9.17) is 10.5 Å². The second-order valence-corrected chi connectivity index (χ2v) is 3.89. The average Bonchev–Trinajstić information content (AvgIpc) is 2.91. The summed E-state index contributed by atoms with van der Waals surface area (Å²) in [6.07, 6.45) is 2.03. The van der Waals surface area contributed by atoms with Crippen molar-refractivity contribution in [3.8, 4) is 5.75 Å². The van der Waals surface area contributed by atoms with Crippen LogP contribution in [0.3, 0.4) is 0 Å². The van der Waals surface area contributed by atoms with Gasteiger partial charge in [-0.25, -0.2) is 4.98 Å². The summed E-state index contributed by atoms with van der Waals surface area (Å²) in [5, 5.41) is 9.23. The zero-order valence-electron chi connectivity index (χ0n) is 10.5. The lowest BCUT2D eigenvalue weighted by Crippen LogP contribution is -2.26. The number of nitrogens with one attached hydrogen (secondary N) is 2. The SMILES string of the molecule is COc1ccc(C(=O)NCCc2ncn[nH]2)cc1N. The summed E-state index contributed by atoms with van der Waals surface area (Å²) < 4.78 is 5.03. The van der Waals surface area contributed by atoms with E-state index in [2.05, 4.69) is 20.5 Å². The largest absolute Gasteiger partial charge is 0.495 e. The summed E-state index contributed by atoms with van der Waals surface area (Å²) in [7, 11) is 1.53. The van der Waals surface area contributed by atoms with Crippen molar-refractivity contribution in [1.29, 1.82) is 0 Å². The van der Waals surface area contributed by atoms with E-state index < -0.39 is 0 Å². The standard InChI is InChI=1S/C12H15N5O2/c1-19-10-3-2-8(6-9(10)13)12(18)14-5-4-11-15-7-16-17-11/h2-3,6-7H,4-5,13H2,1H3,(H,14,18)(H,15,16,17). The fraction of sp³-hybridized carbons (Fsp3) is 0.250. The minimum atomic E-state index is -0.186.